The Bertz CT molecular complexity index is 378. The number of rotatable bonds is 13. The van der Waals surface area contributed by atoms with Crippen LogP contribution in [0.1, 0.15) is 20.8 Å². The lowest BCUT2D eigenvalue weighted by molar-refractivity contribution is -0.218. The minimum Gasteiger partial charge on any atom is -0.467 e. The van der Waals surface area contributed by atoms with E-state index in [1.807, 2.05) is 51.1 Å². The Morgan fingerprint density at radius 2 is 1.13 bits per heavy atom. The van der Waals surface area contributed by atoms with Gasteiger partial charge in [0, 0.05) is 0 Å². The Morgan fingerprint density at radius 1 is 0.652 bits per heavy atom. The molecule has 0 saturated carbocycles. The van der Waals surface area contributed by atoms with Gasteiger partial charge < -0.3 is 33.2 Å². The summed E-state index contributed by atoms with van der Waals surface area (Å²) in [6, 6.07) is 9.38. The van der Waals surface area contributed by atoms with Crippen LogP contribution in [0.4, 0.5) is 0 Å². The van der Waals surface area contributed by atoms with Crippen LogP contribution >= 0.6 is 0 Å². The molecule has 0 aliphatic carbocycles. The maximum absolute atomic E-state index is 5.35. The van der Waals surface area contributed by atoms with E-state index in [1.54, 1.807) is 0 Å². The molecule has 1 rings (SSSR count). The molecule has 1 aromatic rings. The van der Waals surface area contributed by atoms with Crippen molar-refractivity contribution in [1.29, 1.82) is 0 Å². The monoisotopic (exact) mass is 330 g/mol. The van der Waals surface area contributed by atoms with Crippen LogP contribution in [0.15, 0.2) is 30.3 Å². The first kappa shape index (κ1) is 19.8. The van der Waals surface area contributed by atoms with E-state index < -0.39 is 0 Å². The number of ether oxygens (including phenoxy) is 7. The maximum atomic E-state index is 5.35. The van der Waals surface area contributed by atoms with Crippen LogP contribution in [0.3, 0.4) is 0 Å². The number of hydrogen-bond donors (Lipinski definition) is 0. The summed E-state index contributed by atoms with van der Waals surface area (Å²) < 4.78 is 36.1. The minimum absolute atomic E-state index is 0.0594. The molecule has 7 heteroatoms. The highest BCUT2D eigenvalue weighted by Gasteiger charge is 2.08. The molecule has 0 spiro atoms. The van der Waals surface area contributed by atoms with Gasteiger partial charge >= 0.3 is 0 Å². The number of hydrogen-bond acceptors (Lipinski definition) is 7. The van der Waals surface area contributed by atoms with Crippen LogP contribution in [-0.4, -0.2) is 46.4 Å². The predicted octanol–water partition coefficient (Wildman–Crippen LogP) is 2.71. The molecule has 0 aliphatic rings. The Labute approximate surface area is 137 Å². The van der Waals surface area contributed by atoms with Crippen LogP contribution in [-0.2, 0) is 28.4 Å². The molecule has 0 heterocycles. The van der Waals surface area contributed by atoms with Crippen LogP contribution in [0.2, 0.25) is 0 Å². The molecule has 0 aromatic heterocycles. The Balaban J connectivity index is 1.76. The van der Waals surface area contributed by atoms with Crippen LogP contribution in [0.5, 0.6) is 5.75 Å². The van der Waals surface area contributed by atoms with Crippen molar-refractivity contribution in [1.82, 2.24) is 0 Å². The van der Waals surface area contributed by atoms with E-state index in [-0.39, 0.29) is 46.4 Å². The van der Waals surface area contributed by atoms with E-state index >= 15 is 0 Å². The van der Waals surface area contributed by atoms with Crippen molar-refractivity contribution in [3.8, 4) is 5.75 Å². The molecule has 7 nitrogen and oxygen atoms in total. The quantitative estimate of drug-likeness (QED) is 0.407. The van der Waals surface area contributed by atoms with Crippen molar-refractivity contribution in [2.75, 3.05) is 40.8 Å². The Hall–Kier alpha value is -1.22. The highest BCUT2D eigenvalue weighted by atomic mass is 16.8. The van der Waals surface area contributed by atoms with Gasteiger partial charge in [-0.15, -0.1) is 0 Å². The summed E-state index contributed by atoms with van der Waals surface area (Å²) >= 11 is 0. The average Bonchev–Trinajstić information content (AvgIpc) is 2.52. The van der Waals surface area contributed by atoms with Crippen molar-refractivity contribution < 1.29 is 33.2 Å². The van der Waals surface area contributed by atoms with Gasteiger partial charge in [0.2, 0.25) is 0 Å². The van der Waals surface area contributed by atoms with Gasteiger partial charge in [-0.25, -0.2) is 0 Å². The molecule has 0 fully saturated rings. The molecule has 0 unspecified atom stereocenters. The summed E-state index contributed by atoms with van der Waals surface area (Å²) in [6.45, 7) is 6.43. The SMILES string of the molecule is CC(C)(C)OCOCOCOCOCOCOc1ccccc1. The summed E-state index contributed by atoms with van der Waals surface area (Å²) in [5.74, 6) is 0.743. The molecule has 1 aromatic carbocycles. The van der Waals surface area contributed by atoms with Crippen LogP contribution in [0.25, 0.3) is 0 Å². The van der Waals surface area contributed by atoms with Crippen molar-refractivity contribution in [2.24, 2.45) is 0 Å². The summed E-state index contributed by atoms with van der Waals surface area (Å²) in [5.41, 5.74) is -0.228. The van der Waals surface area contributed by atoms with Gasteiger partial charge in [0.15, 0.2) is 34.0 Å². The van der Waals surface area contributed by atoms with Crippen molar-refractivity contribution >= 4 is 0 Å². The first-order valence-electron chi connectivity index (χ1n) is 7.28. The third-order valence-electron chi connectivity index (χ3n) is 2.29. The molecule has 0 saturated heterocycles. The fourth-order valence-corrected chi connectivity index (χ4v) is 1.25. The molecule has 0 atom stereocenters. The predicted molar refractivity (Wildman–Crippen MR) is 82.5 cm³/mol. The molecular weight excluding hydrogens is 304 g/mol. The van der Waals surface area contributed by atoms with Crippen molar-refractivity contribution in [3.63, 3.8) is 0 Å². The summed E-state index contributed by atoms with van der Waals surface area (Å²) in [7, 11) is 0. The standard InChI is InChI=1S/C16H26O7/c1-16(2,3)23-14-21-12-19-10-17-9-18-11-20-13-22-15-7-5-4-6-8-15/h4-8H,9-14H2,1-3H3. The second kappa shape index (κ2) is 12.2. The number of benzene rings is 1. The smallest absolute Gasteiger partial charge is 0.191 e. The largest absolute Gasteiger partial charge is 0.467 e. The first-order chi connectivity index (χ1) is 11.1. The van der Waals surface area contributed by atoms with Crippen LogP contribution in [0, 0.1) is 0 Å². The third kappa shape index (κ3) is 13.0. The maximum Gasteiger partial charge on any atom is 0.191 e. The molecule has 0 amide bonds. The Morgan fingerprint density at radius 3 is 1.65 bits per heavy atom. The molecule has 0 radical (unpaired) electrons. The molecule has 132 valence electrons. The molecule has 0 bridgehead atoms. The summed E-state index contributed by atoms with van der Waals surface area (Å²) in [4.78, 5) is 0. The van der Waals surface area contributed by atoms with E-state index in [0.717, 1.165) is 5.75 Å². The lowest BCUT2D eigenvalue weighted by Gasteiger charge is -2.19. The van der Waals surface area contributed by atoms with E-state index in [1.165, 1.54) is 0 Å². The zero-order chi connectivity index (χ0) is 16.8. The molecule has 0 aliphatic heterocycles. The summed E-state index contributed by atoms with van der Waals surface area (Å²) in [6.07, 6.45) is 0. The summed E-state index contributed by atoms with van der Waals surface area (Å²) in [5, 5.41) is 0. The van der Waals surface area contributed by atoms with Crippen molar-refractivity contribution in [3.05, 3.63) is 30.3 Å². The van der Waals surface area contributed by atoms with Gasteiger partial charge in [-0.2, -0.15) is 0 Å². The molecule has 0 N–H and O–H groups in total. The van der Waals surface area contributed by atoms with Crippen LogP contribution < -0.4 is 4.74 Å². The molecular formula is C16H26O7. The van der Waals surface area contributed by atoms with E-state index in [4.69, 9.17) is 33.2 Å². The second-order valence-corrected chi connectivity index (χ2v) is 5.44. The molecule has 23 heavy (non-hydrogen) atoms. The zero-order valence-corrected chi connectivity index (χ0v) is 14.0. The lowest BCUT2D eigenvalue weighted by atomic mass is 10.2. The van der Waals surface area contributed by atoms with Gasteiger partial charge in [-0.3, -0.25) is 0 Å². The van der Waals surface area contributed by atoms with E-state index in [9.17, 15) is 0 Å². The van der Waals surface area contributed by atoms with Gasteiger partial charge in [-0.05, 0) is 32.9 Å². The normalized spacial score (nSPS) is 11.6. The second-order valence-electron chi connectivity index (χ2n) is 5.44. The lowest BCUT2D eigenvalue weighted by Crippen LogP contribution is -2.21. The van der Waals surface area contributed by atoms with E-state index in [0.29, 0.717) is 0 Å². The Kier molecular flexibility index (Phi) is 10.5. The zero-order valence-electron chi connectivity index (χ0n) is 14.0. The van der Waals surface area contributed by atoms with E-state index in [2.05, 4.69) is 0 Å². The van der Waals surface area contributed by atoms with Gasteiger partial charge in [0.25, 0.3) is 0 Å². The van der Waals surface area contributed by atoms with Gasteiger partial charge in [0.05, 0.1) is 5.60 Å². The fourth-order valence-electron chi connectivity index (χ4n) is 1.25. The van der Waals surface area contributed by atoms with Crippen molar-refractivity contribution in [2.45, 2.75) is 26.4 Å². The minimum atomic E-state index is -0.228. The first-order valence-corrected chi connectivity index (χ1v) is 7.28. The van der Waals surface area contributed by atoms with Gasteiger partial charge in [-0.1, -0.05) is 18.2 Å². The topological polar surface area (TPSA) is 64.6 Å². The number of para-hydroxylation sites is 1. The third-order valence-corrected chi connectivity index (χ3v) is 2.29. The highest BCUT2D eigenvalue weighted by molar-refractivity contribution is 5.20. The van der Waals surface area contributed by atoms with Gasteiger partial charge in [0.1, 0.15) is 12.5 Å². The highest BCUT2D eigenvalue weighted by Crippen LogP contribution is 2.07. The fraction of sp³-hybridized carbons (Fsp3) is 0.625. The average molecular weight is 330 g/mol.